The summed E-state index contributed by atoms with van der Waals surface area (Å²) >= 11 is 6.30. The van der Waals surface area contributed by atoms with Crippen molar-refractivity contribution in [1.82, 2.24) is 14.2 Å². The average Bonchev–Trinajstić information content (AvgIpc) is 3.15. The lowest BCUT2D eigenvalue weighted by Crippen LogP contribution is -2.51. The van der Waals surface area contributed by atoms with E-state index in [2.05, 4.69) is 4.98 Å². The van der Waals surface area contributed by atoms with Crippen molar-refractivity contribution in [3.05, 3.63) is 23.0 Å². The molecule has 6 nitrogen and oxygen atoms in total. The highest BCUT2D eigenvalue weighted by molar-refractivity contribution is 7.89. The van der Waals surface area contributed by atoms with E-state index < -0.39 is 16.2 Å². The Kier molecular flexibility index (Phi) is 4.53. The average molecular weight is 416 g/mol. The summed E-state index contributed by atoms with van der Waals surface area (Å²) in [5.41, 5.74) is 0.286. The maximum absolute atomic E-state index is 13.7. The smallest absolute Gasteiger partial charge is 0.248 e. The van der Waals surface area contributed by atoms with Crippen molar-refractivity contribution in [2.45, 2.75) is 49.7 Å². The van der Waals surface area contributed by atoms with Crippen LogP contribution in [0.2, 0.25) is 5.02 Å². The Balaban J connectivity index is 1.76. The number of nitrogens with zero attached hydrogens (tertiary/aromatic N) is 3. The van der Waals surface area contributed by atoms with E-state index in [1.54, 1.807) is 6.07 Å². The van der Waals surface area contributed by atoms with Crippen LogP contribution in [0.5, 0.6) is 0 Å². The molecule has 1 aromatic heterocycles. The van der Waals surface area contributed by atoms with E-state index in [-0.39, 0.29) is 33.5 Å². The summed E-state index contributed by atoms with van der Waals surface area (Å²) in [7, 11) is -3.89. The first-order chi connectivity index (χ1) is 12.6. The fourth-order valence-corrected chi connectivity index (χ4v) is 5.89. The molecule has 27 heavy (non-hydrogen) atoms. The SMILES string of the molecule is CC(C)(C)c1nc2ccc(Cl)c(S(=O)(=O)N3CCN4C[C@@H](F)C[C@H]4C3)c2o1. The largest absolute Gasteiger partial charge is 0.439 e. The minimum absolute atomic E-state index is 0.0482. The fourth-order valence-electron chi connectivity index (χ4n) is 3.80. The molecule has 0 amide bonds. The van der Waals surface area contributed by atoms with Gasteiger partial charge in [-0.25, -0.2) is 17.8 Å². The first kappa shape index (κ1) is 19.1. The standard InChI is InChI=1S/C18H23ClFN3O3S/c1-18(2,3)17-21-14-5-4-13(19)16(15(14)26-17)27(24,25)23-7-6-22-9-11(20)8-12(22)10-23/h4-5,11-12H,6-10H2,1-3H3/t11-,12-/m0/s1. The van der Waals surface area contributed by atoms with Crippen molar-refractivity contribution < 1.29 is 17.2 Å². The number of hydrogen-bond acceptors (Lipinski definition) is 5. The predicted octanol–water partition coefficient (Wildman–Crippen LogP) is 3.20. The lowest BCUT2D eigenvalue weighted by Gasteiger charge is -2.36. The minimum Gasteiger partial charge on any atom is -0.439 e. The van der Waals surface area contributed by atoms with Crippen LogP contribution < -0.4 is 0 Å². The summed E-state index contributed by atoms with van der Waals surface area (Å²) < 4.78 is 47.7. The molecule has 1 aromatic carbocycles. The van der Waals surface area contributed by atoms with Crippen LogP contribution in [0.3, 0.4) is 0 Å². The molecule has 0 aliphatic carbocycles. The first-order valence-corrected chi connectivity index (χ1v) is 10.9. The summed E-state index contributed by atoms with van der Waals surface area (Å²) in [6.45, 7) is 7.29. The zero-order chi connectivity index (χ0) is 19.6. The van der Waals surface area contributed by atoms with Gasteiger partial charge in [-0.2, -0.15) is 4.31 Å². The monoisotopic (exact) mass is 415 g/mol. The molecule has 148 valence electrons. The number of sulfonamides is 1. The molecule has 0 spiro atoms. The van der Waals surface area contributed by atoms with Gasteiger partial charge in [0.1, 0.15) is 16.6 Å². The van der Waals surface area contributed by atoms with Crippen LogP contribution >= 0.6 is 11.6 Å². The molecule has 0 radical (unpaired) electrons. The molecule has 0 N–H and O–H groups in total. The van der Waals surface area contributed by atoms with E-state index >= 15 is 0 Å². The molecule has 2 aliphatic heterocycles. The second-order valence-corrected chi connectivity index (χ2v) is 10.6. The van der Waals surface area contributed by atoms with Gasteiger partial charge in [0.25, 0.3) is 0 Å². The second-order valence-electron chi connectivity index (χ2n) is 8.34. The topological polar surface area (TPSA) is 66.7 Å². The molecule has 2 aliphatic rings. The maximum Gasteiger partial charge on any atom is 0.248 e. The van der Waals surface area contributed by atoms with E-state index in [1.165, 1.54) is 10.4 Å². The lowest BCUT2D eigenvalue weighted by atomic mass is 9.97. The van der Waals surface area contributed by atoms with Crippen molar-refractivity contribution in [3.63, 3.8) is 0 Å². The summed E-state index contributed by atoms with van der Waals surface area (Å²) in [5, 5.41) is 0.108. The van der Waals surface area contributed by atoms with Crippen molar-refractivity contribution in [1.29, 1.82) is 0 Å². The number of piperazine rings is 1. The van der Waals surface area contributed by atoms with Crippen molar-refractivity contribution >= 4 is 32.7 Å². The molecule has 3 heterocycles. The molecule has 2 atom stereocenters. The molecular formula is C18H23ClFN3O3S. The summed E-state index contributed by atoms with van der Waals surface area (Å²) in [5.74, 6) is 0.456. The number of alkyl halides is 1. The number of benzene rings is 1. The van der Waals surface area contributed by atoms with Crippen LogP contribution in [0.25, 0.3) is 11.1 Å². The van der Waals surface area contributed by atoms with Gasteiger partial charge in [0.2, 0.25) is 15.9 Å². The van der Waals surface area contributed by atoms with Gasteiger partial charge < -0.3 is 4.42 Å². The Morgan fingerprint density at radius 1 is 1.26 bits per heavy atom. The zero-order valence-electron chi connectivity index (χ0n) is 15.6. The predicted molar refractivity (Wildman–Crippen MR) is 101 cm³/mol. The maximum atomic E-state index is 13.7. The molecule has 2 saturated heterocycles. The molecule has 2 fully saturated rings. The van der Waals surface area contributed by atoms with Crippen LogP contribution in [0.4, 0.5) is 4.39 Å². The Bertz CT molecular complexity index is 986. The molecule has 0 saturated carbocycles. The summed E-state index contributed by atoms with van der Waals surface area (Å²) in [6, 6.07) is 3.11. The van der Waals surface area contributed by atoms with Gasteiger partial charge in [-0.05, 0) is 18.6 Å². The van der Waals surface area contributed by atoms with Gasteiger partial charge >= 0.3 is 0 Å². The Hall–Kier alpha value is -1.22. The summed E-state index contributed by atoms with van der Waals surface area (Å²) in [4.78, 5) is 6.41. The molecule has 0 unspecified atom stereocenters. The number of fused-ring (bicyclic) bond motifs is 2. The number of oxazole rings is 1. The van der Waals surface area contributed by atoms with E-state index in [9.17, 15) is 12.8 Å². The van der Waals surface area contributed by atoms with Gasteiger partial charge in [-0.1, -0.05) is 32.4 Å². The Labute approximate surface area is 163 Å². The number of hydrogen-bond donors (Lipinski definition) is 0. The lowest BCUT2D eigenvalue weighted by molar-refractivity contribution is 0.156. The van der Waals surface area contributed by atoms with Gasteiger partial charge in [-0.15, -0.1) is 0 Å². The highest BCUT2D eigenvalue weighted by Gasteiger charge is 2.41. The number of rotatable bonds is 2. The van der Waals surface area contributed by atoms with Crippen LogP contribution in [0.1, 0.15) is 33.1 Å². The minimum atomic E-state index is -3.89. The Morgan fingerprint density at radius 3 is 2.70 bits per heavy atom. The number of aromatic nitrogens is 1. The molecular weight excluding hydrogens is 393 g/mol. The van der Waals surface area contributed by atoms with E-state index in [4.69, 9.17) is 16.0 Å². The quantitative estimate of drug-likeness (QED) is 0.753. The van der Waals surface area contributed by atoms with Crippen LogP contribution in [0, 0.1) is 0 Å². The molecule has 9 heteroatoms. The highest BCUT2D eigenvalue weighted by Crippen LogP contribution is 2.36. The van der Waals surface area contributed by atoms with Crippen molar-refractivity contribution in [2.24, 2.45) is 0 Å². The third kappa shape index (κ3) is 3.26. The van der Waals surface area contributed by atoms with Gasteiger partial charge in [0, 0.05) is 37.6 Å². The van der Waals surface area contributed by atoms with E-state index in [1.807, 2.05) is 25.7 Å². The first-order valence-electron chi connectivity index (χ1n) is 9.05. The van der Waals surface area contributed by atoms with Gasteiger partial charge in [0.05, 0.1) is 5.02 Å². The van der Waals surface area contributed by atoms with Gasteiger partial charge in [0.15, 0.2) is 5.58 Å². The fraction of sp³-hybridized carbons (Fsp3) is 0.611. The van der Waals surface area contributed by atoms with E-state index in [0.29, 0.717) is 37.5 Å². The Morgan fingerprint density at radius 2 is 2.00 bits per heavy atom. The molecule has 0 bridgehead atoms. The van der Waals surface area contributed by atoms with Crippen LogP contribution in [-0.4, -0.2) is 61.0 Å². The highest BCUT2D eigenvalue weighted by atomic mass is 35.5. The normalized spacial score (nSPS) is 25.2. The number of halogens is 2. The van der Waals surface area contributed by atoms with Gasteiger partial charge in [-0.3, -0.25) is 4.90 Å². The van der Waals surface area contributed by atoms with E-state index in [0.717, 1.165) is 0 Å². The van der Waals surface area contributed by atoms with Crippen LogP contribution in [-0.2, 0) is 15.4 Å². The van der Waals surface area contributed by atoms with Crippen LogP contribution in [0.15, 0.2) is 21.4 Å². The molecule has 4 rings (SSSR count). The zero-order valence-corrected chi connectivity index (χ0v) is 17.1. The molecule has 2 aromatic rings. The third-order valence-electron chi connectivity index (χ3n) is 5.23. The van der Waals surface area contributed by atoms with Crippen molar-refractivity contribution in [2.75, 3.05) is 26.2 Å². The third-order valence-corrected chi connectivity index (χ3v) is 7.59. The summed E-state index contributed by atoms with van der Waals surface area (Å²) in [6.07, 6.45) is -0.534. The van der Waals surface area contributed by atoms with Crippen molar-refractivity contribution in [3.8, 4) is 0 Å². The second kappa shape index (κ2) is 6.40.